The summed E-state index contributed by atoms with van der Waals surface area (Å²) in [6.07, 6.45) is -0.0822. The lowest BCUT2D eigenvalue weighted by molar-refractivity contribution is -0.894. The van der Waals surface area contributed by atoms with Crippen molar-refractivity contribution in [1.29, 1.82) is 0 Å². The van der Waals surface area contributed by atoms with Crippen LogP contribution in [0.15, 0.2) is 30.3 Å². The molecule has 0 saturated carbocycles. The maximum absolute atomic E-state index is 5.58. The summed E-state index contributed by atoms with van der Waals surface area (Å²) < 4.78 is 6.07. The van der Waals surface area contributed by atoms with Gasteiger partial charge in [0.05, 0.1) is 26.2 Å². The Kier molecular flexibility index (Phi) is 8.76. The third-order valence-electron chi connectivity index (χ3n) is 3.71. The van der Waals surface area contributed by atoms with E-state index < -0.39 is 0 Å². The summed E-state index contributed by atoms with van der Waals surface area (Å²) in [6, 6.07) is 10.0. The molecule has 0 aliphatic carbocycles. The Balaban J connectivity index is 0.000000270. The van der Waals surface area contributed by atoms with Crippen molar-refractivity contribution in [2.24, 2.45) is 0 Å². The van der Waals surface area contributed by atoms with Gasteiger partial charge in [0.25, 0.3) is 0 Å². The molecule has 0 spiro atoms. The lowest BCUT2D eigenvalue weighted by atomic mass is 10.2. The minimum Gasteiger partial charge on any atom is -0.411 e. The van der Waals surface area contributed by atoms with Crippen LogP contribution < -0.4 is 4.90 Å². The van der Waals surface area contributed by atoms with Gasteiger partial charge in [-0.3, -0.25) is 0 Å². The van der Waals surface area contributed by atoms with Crippen molar-refractivity contribution in [2.45, 2.75) is 27.0 Å². The van der Waals surface area contributed by atoms with Crippen LogP contribution in [0, 0.1) is 0 Å². The molecule has 1 N–H and O–H groups in total. The molecule has 1 saturated heterocycles. The van der Waals surface area contributed by atoms with E-state index in [-0.39, 0.29) is 6.23 Å². The fourth-order valence-electron chi connectivity index (χ4n) is 2.30. The molecule has 3 nitrogen and oxygen atoms in total. The summed E-state index contributed by atoms with van der Waals surface area (Å²) >= 11 is 9.99. The van der Waals surface area contributed by atoms with Crippen molar-refractivity contribution in [1.82, 2.24) is 4.90 Å². The average molecular weight is 327 g/mol. The highest BCUT2D eigenvalue weighted by Crippen LogP contribution is 2.26. The van der Waals surface area contributed by atoms with Crippen LogP contribution in [0.2, 0.25) is 0 Å². The van der Waals surface area contributed by atoms with Crippen molar-refractivity contribution in [3.05, 3.63) is 35.9 Å². The molecule has 1 heterocycles. The molecule has 1 atom stereocenters. The van der Waals surface area contributed by atoms with E-state index in [0.29, 0.717) is 10.9 Å². The molecule has 1 aromatic carbocycles. The largest absolute Gasteiger partial charge is 0.411 e. The molecule has 0 bridgehead atoms. The van der Waals surface area contributed by atoms with E-state index in [2.05, 4.69) is 20.8 Å². The van der Waals surface area contributed by atoms with Crippen molar-refractivity contribution in [3.8, 4) is 0 Å². The zero-order chi connectivity index (χ0) is 15.7. The number of hydrogen-bond acceptors (Lipinski definition) is 3. The molecule has 0 aromatic heterocycles. The topological polar surface area (TPSA) is 16.9 Å². The third kappa shape index (κ3) is 5.87. The molecule has 118 valence electrons. The van der Waals surface area contributed by atoms with Gasteiger partial charge in [0.1, 0.15) is 0 Å². The Morgan fingerprint density at radius 1 is 1.24 bits per heavy atom. The smallest absolute Gasteiger partial charge is 0.155 e. The second kappa shape index (κ2) is 10.1. The highest BCUT2D eigenvalue weighted by atomic mass is 32.1. The molecule has 1 unspecified atom stereocenters. The molecule has 21 heavy (non-hydrogen) atoms. The minimum atomic E-state index is -0.0822. The number of ether oxygens (including phenoxy) is 1. The molecule has 1 aliphatic rings. The lowest BCUT2D eigenvalue weighted by Crippen LogP contribution is -3.11. The van der Waals surface area contributed by atoms with Crippen LogP contribution >= 0.6 is 12.2 Å². The quantitative estimate of drug-likeness (QED) is 0.671. The van der Waals surface area contributed by atoms with Gasteiger partial charge in [-0.05, 0) is 20.8 Å². The Morgan fingerprint density at radius 2 is 1.81 bits per heavy atom. The predicted molar refractivity (Wildman–Crippen MR) is 94.4 cm³/mol. The van der Waals surface area contributed by atoms with E-state index in [1.807, 2.05) is 35.2 Å². The van der Waals surface area contributed by atoms with Crippen molar-refractivity contribution in [3.63, 3.8) is 0 Å². The predicted octanol–water partition coefficient (Wildman–Crippen LogP) is 1.78. The first-order valence-electron chi connectivity index (χ1n) is 7.61. The average Bonchev–Trinajstić information content (AvgIpc) is 3.00. The monoisotopic (exact) mass is 326 g/mol. The fourth-order valence-corrected chi connectivity index (χ4v) is 2.67. The zero-order valence-electron chi connectivity index (χ0n) is 13.2. The number of hydrogen-bond donors (Lipinski definition) is 1. The van der Waals surface area contributed by atoms with E-state index in [9.17, 15) is 0 Å². The normalized spacial score (nSPS) is 17.5. The number of nitrogens with zero attached hydrogens (tertiary/aromatic N) is 1. The van der Waals surface area contributed by atoms with Crippen LogP contribution in [0.4, 0.5) is 0 Å². The van der Waals surface area contributed by atoms with Crippen LogP contribution in [0.1, 0.15) is 32.6 Å². The van der Waals surface area contributed by atoms with E-state index in [4.69, 9.17) is 29.6 Å². The fraction of sp³-hybridized carbons (Fsp3) is 0.562. The van der Waals surface area contributed by atoms with Gasteiger partial charge in [-0.2, -0.15) is 0 Å². The molecule has 0 radical (unpaired) electrons. The Labute approximate surface area is 139 Å². The van der Waals surface area contributed by atoms with Crippen molar-refractivity contribution < 1.29 is 9.64 Å². The first-order valence-corrected chi connectivity index (χ1v) is 8.43. The van der Waals surface area contributed by atoms with E-state index in [1.54, 1.807) is 4.90 Å². The summed E-state index contributed by atoms with van der Waals surface area (Å²) in [5.74, 6) is 0. The van der Waals surface area contributed by atoms with E-state index in [1.165, 1.54) is 19.6 Å². The van der Waals surface area contributed by atoms with E-state index in [0.717, 1.165) is 12.1 Å². The van der Waals surface area contributed by atoms with Crippen molar-refractivity contribution in [2.75, 3.05) is 32.8 Å². The molecular formula is C16H26N2OS2. The second-order valence-electron chi connectivity index (χ2n) is 4.90. The maximum atomic E-state index is 5.58. The van der Waals surface area contributed by atoms with Crippen LogP contribution in [-0.4, -0.2) is 42.0 Å². The summed E-state index contributed by atoms with van der Waals surface area (Å²) in [5, 5.41) is 0. The van der Waals surface area contributed by atoms with Crippen LogP contribution in [0.3, 0.4) is 0 Å². The molecule has 2 rings (SSSR count). The van der Waals surface area contributed by atoms with Gasteiger partial charge in [-0.25, -0.2) is 0 Å². The highest BCUT2D eigenvalue weighted by molar-refractivity contribution is 8.00. The summed E-state index contributed by atoms with van der Waals surface area (Å²) in [4.78, 5) is 3.61. The zero-order valence-corrected chi connectivity index (χ0v) is 14.8. The van der Waals surface area contributed by atoms with Gasteiger partial charge in [0, 0.05) is 12.1 Å². The SMILES string of the molecule is CC[NH+](CC)CC.S=C([S-])N1CCOC1c1ccccc1. The highest BCUT2D eigenvalue weighted by Gasteiger charge is 2.24. The maximum Gasteiger partial charge on any atom is 0.155 e. The number of nitrogens with one attached hydrogen (secondary N) is 1. The van der Waals surface area contributed by atoms with Crippen molar-refractivity contribution >= 4 is 29.2 Å². The Hall–Kier alpha value is -0.750. The second-order valence-corrected chi connectivity index (χ2v) is 5.94. The minimum absolute atomic E-state index is 0.0822. The number of thiocarbonyl (C=S) groups is 1. The van der Waals surface area contributed by atoms with Crippen LogP contribution in [0.5, 0.6) is 0 Å². The Morgan fingerprint density at radius 3 is 2.24 bits per heavy atom. The number of quaternary nitrogens is 1. The molecule has 1 aromatic rings. The number of benzene rings is 1. The molecule has 1 aliphatic heterocycles. The van der Waals surface area contributed by atoms with Gasteiger partial charge < -0.3 is 39.4 Å². The van der Waals surface area contributed by atoms with Gasteiger partial charge in [0.15, 0.2) is 6.23 Å². The lowest BCUT2D eigenvalue weighted by Gasteiger charge is -2.28. The summed E-state index contributed by atoms with van der Waals surface area (Å²) in [6.45, 7) is 12.0. The van der Waals surface area contributed by atoms with Gasteiger partial charge in [0.2, 0.25) is 0 Å². The van der Waals surface area contributed by atoms with Gasteiger partial charge in [-0.1, -0.05) is 34.7 Å². The Bertz CT molecular complexity index is 404. The van der Waals surface area contributed by atoms with Crippen LogP contribution in [0.25, 0.3) is 0 Å². The van der Waals surface area contributed by atoms with Gasteiger partial charge >= 0.3 is 0 Å². The first kappa shape index (κ1) is 18.3. The standard InChI is InChI=1S/C10H11NOS2.C6H15N/c13-10(14)11-6-7-12-9(11)8-4-2-1-3-5-8;1-4-7(5-2)6-3/h1-5,9H,6-7H2,(H,13,14);4-6H2,1-3H3. The molecule has 1 fully saturated rings. The molecule has 5 heteroatoms. The summed E-state index contributed by atoms with van der Waals surface area (Å²) in [7, 11) is 0. The third-order valence-corrected chi connectivity index (χ3v) is 4.18. The van der Waals surface area contributed by atoms with Gasteiger partial charge in [-0.15, -0.1) is 0 Å². The van der Waals surface area contributed by atoms with Crippen LogP contribution in [-0.2, 0) is 17.4 Å². The molecular weight excluding hydrogens is 300 g/mol. The van der Waals surface area contributed by atoms with E-state index >= 15 is 0 Å². The number of rotatable bonds is 4. The molecule has 0 amide bonds. The first-order chi connectivity index (χ1) is 10.1. The summed E-state index contributed by atoms with van der Waals surface area (Å²) in [5.41, 5.74) is 1.11.